The van der Waals surface area contributed by atoms with Gasteiger partial charge in [-0.1, -0.05) is 17.7 Å². The summed E-state index contributed by atoms with van der Waals surface area (Å²) < 4.78 is 6.50. The molecule has 92 valence electrons. The third kappa shape index (κ3) is 2.92. The van der Waals surface area contributed by atoms with Crippen molar-refractivity contribution in [3.63, 3.8) is 0 Å². The Balaban J connectivity index is 2.34. The summed E-state index contributed by atoms with van der Waals surface area (Å²) in [6, 6.07) is 10.6. The molecule has 0 atom stereocenters. The highest BCUT2D eigenvalue weighted by Gasteiger charge is 2.06. The minimum Gasteiger partial charge on any atom is -0.456 e. The molecule has 2 nitrogen and oxygen atoms in total. The fourth-order valence-corrected chi connectivity index (χ4v) is 2.12. The van der Waals surface area contributed by atoms with Crippen LogP contribution in [0.15, 0.2) is 40.9 Å². The van der Waals surface area contributed by atoms with Crippen molar-refractivity contribution in [2.24, 2.45) is 0 Å². The van der Waals surface area contributed by atoms with E-state index in [2.05, 4.69) is 15.9 Å². The summed E-state index contributed by atoms with van der Waals surface area (Å²) in [6.07, 6.45) is 0.791. The van der Waals surface area contributed by atoms with E-state index in [4.69, 9.17) is 16.3 Å². The average molecular weight is 326 g/mol. The van der Waals surface area contributed by atoms with Crippen molar-refractivity contribution in [2.75, 3.05) is 0 Å². The monoisotopic (exact) mass is 324 g/mol. The molecule has 2 rings (SSSR count). The van der Waals surface area contributed by atoms with E-state index in [1.54, 1.807) is 24.3 Å². The second-order valence-corrected chi connectivity index (χ2v) is 5.11. The van der Waals surface area contributed by atoms with Crippen LogP contribution in [0, 0.1) is 6.92 Å². The Hall–Kier alpha value is -1.32. The number of aldehydes is 1. The van der Waals surface area contributed by atoms with E-state index in [0.717, 1.165) is 16.3 Å². The van der Waals surface area contributed by atoms with Gasteiger partial charge in [-0.05, 0) is 58.7 Å². The lowest BCUT2D eigenvalue weighted by Crippen LogP contribution is -1.90. The van der Waals surface area contributed by atoms with Crippen LogP contribution in [0.5, 0.6) is 11.5 Å². The van der Waals surface area contributed by atoms with Crippen molar-refractivity contribution in [2.45, 2.75) is 6.92 Å². The van der Waals surface area contributed by atoms with Gasteiger partial charge in [0.25, 0.3) is 0 Å². The number of rotatable bonds is 3. The van der Waals surface area contributed by atoms with Crippen LogP contribution in [0.4, 0.5) is 0 Å². The SMILES string of the molecule is Cc1ccc(Cl)cc1Oc1ccc(C=O)cc1Br. The zero-order valence-corrected chi connectivity index (χ0v) is 12.0. The largest absolute Gasteiger partial charge is 0.456 e. The molecule has 0 aromatic heterocycles. The third-order valence-electron chi connectivity index (χ3n) is 2.46. The maximum Gasteiger partial charge on any atom is 0.150 e. The van der Waals surface area contributed by atoms with Crippen LogP contribution in [0.1, 0.15) is 15.9 Å². The molecule has 0 amide bonds. The molecule has 0 saturated heterocycles. The molecule has 4 heteroatoms. The number of carbonyl (C=O) groups excluding carboxylic acids is 1. The summed E-state index contributed by atoms with van der Waals surface area (Å²) in [6.45, 7) is 1.94. The summed E-state index contributed by atoms with van der Waals surface area (Å²) in [5, 5.41) is 0.622. The van der Waals surface area contributed by atoms with Crippen molar-refractivity contribution in [3.05, 3.63) is 57.0 Å². The van der Waals surface area contributed by atoms with Crippen molar-refractivity contribution < 1.29 is 9.53 Å². The summed E-state index contributed by atoms with van der Waals surface area (Å²) >= 11 is 9.30. The fourth-order valence-electron chi connectivity index (χ4n) is 1.48. The first kappa shape index (κ1) is 13.1. The molecule has 0 N–H and O–H groups in total. The molecule has 0 unspecified atom stereocenters. The van der Waals surface area contributed by atoms with E-state index in [1.807, 2.05) is 19.1 Å². The normalized spacial score (nSPS) is 10.2. The van der Waals surface area contributed by atoms with Crippen LogP contribution in [0.25, 0.3) is 0 Å². The molecular weight excluding hydrogens is 316 g/mol. The number of hydrogen-bond acceptors (Lipinski definition) is 2. The minimum atomic E-state index is 0.594. The van der Waals surface area contributed by atoms with E-state index in [0.29, 0.717) is 22.1 Å². The molecule has 0 aliphatic carbocycles. The Morgan fingerprint density at radius 3 is 2.61 bits per heavy atom. The molecule has 0 bridgehead atoms. The number of halogens is 2. The Morgan fingerprint density at radius 1 is 1.17 bits per heavy atom. The topological polar surface area (TPSA) is 26.3 Å². The first-order valence-electron chi connectivity index (χ1n) is 5.29. The molecule has 0 fully saturated rings. The third-order valence-corrected chi connectivity index (χ3v) is 3.32. The van der Waals surface area contributed by atoms with E-state index in [1.165, 1.54) is 0 Å². The lowest BCUT2D eigenvalue weighted by molar-refractivity contribution is 0.112. The zero-order chi connectivity index (χ0) is 13.1. The summed E-state index contributed by atoms with van der Waals surface area (Å²) in [7, 11) is 0. The molecule has 0 aliphatic heterocycles. The Morgan fingerprint density at radius 2 is 1.94 bits per heavy atom. The molecule has 0 aliphatic rings. The summed E-state index contributed by atoms with van der Waals surface area (Å²) in [4.78, 5) is 10.6. The van der Waals surface area contributed by atoms with Crippen LogP contribution in [-0.4, -0.2) is 6.29 Å². The van der Waals surface area contributed by atoms with E-state index in [-0.39, 0.29) is 0 Å². The molecule has 18 heavy (non-hydrogen) atoms. The fraction of sp³-hybridized carbons (Fsp3) is 0.0714. The first-order valence-corrected chi connectivity index (χ1v) is 6.46. The highest BCUT2D eigenvalue weighted by atomic mass is 79.9. The van der Waals surface area contributed by atoms with Crippen LogP contribution >= 0.6 is 27.5 Å². The van der Waals surface area contributed by atoms with Gasteiger partial charge in [-0.2, -0.15) is 0 Å². The molecule has 0 saturated carbocycles. The Bertz CT molecular complexity index is 596. The first-order chi connectivity index (χ1) is 8.60. The quantitative estimate of drug-likeness (QED) is 0.741. The Kier molecular flexibility index (Phi) is 4.04. The van der Waals surface area contributed by atoms with Crippen molar-refractivity contribution in [1.29, 1.82) is 0 Å². The second-order valence-electron chi connectivity index (χ2n) is 3.82. The van der Waals surface area contributed by atoms with Gasteiger partial charge in [0.1, 0.15) is 17.8 Å². The summed E-state index contributed by atoms with van der Waals surface area (Å²) in [5.41, 5.74) is 1.59. The number of aryl methyl sites for hydroxylation is 1. The van der Waals surface area contributed by atoms with E-state index >= 15 is 0 Å². The van der Waals surface area contributed by atoms with Gasteiger partial charge in [0.05, 0.1) is 4.47 Å². The van der Waals surface area contributed by atoms with E-state index < -0.39 is 0 Å². The predicted octanol–water partition coefficient (Wildman–Crippen LogP) is 5.02. The van der Waals surface area contributed by atoms with Crippen molar-refractivity contribution >= 4 is 33.8 Å². The van der Waals surface area contributed by atoms with Crippen LogP contribution in [0.2, 0.25) is 5.02 Å². The van der Waals surface area contributed by atoms with E-state index in [9.17, 15) is 4.79 Å². The second kappa shape index (κ2) is 5.55. The molecule has 2 aromatic carbocycles. The van der Waals surface area contributed by atoms with Gasteiger partial charge in [0.15, 0.2) is 0 Å². The number of benzene rings is 2. The van der Waals surface area contributed by atoms with Gasteiger partial charge in [0, 0.05) is 10.6 Å². The highest BCUT2D eigenvalue weighted by molar-refractivity contribution is 9.10. The smallest absolute Gasteiger partial charge is 0.150 e. The standard InChI is InChI=1S/C14H10BrClO2/c1-9-2-4-11(16)7-14(9)18-13-5-3-10(8-17)6-12(13)15/h2-8H,1H3. The number of hydrogen-bond donors (Lipinski definition) is 0. The molecule has 2 aromatic rings. The lowest BCUT2D eigenvalue weighted by Gasteiger charge is -2.10. The van der Waals surface area contributed by atoms with Crippen LogP contribution < -0.4 is 4.74 Å². The van der Waals surface area contributed by atoms with Crippen LogP contribution in [0.3, 0.4) is 0 Å². The van der Waals surface area contributed by atoms with Gasteiger partial charge in [0.2, 0.25) is 0 Å². The van der Waals surface area contributed by atoms with Crippen LogP contribution in [-0.2, 0) is 0 Å². The summed E-state index contributed by atoms with van der Waals surface area (Å²) in [5.74, 6) is 1.34. The van der Waals surface area contributed by atoms with Gasteiger partial charge < -0.3 is 4.74 Å². The predicted molar refractivity (Wildman–Crippen MR) is 75.8 cm³/mol. The van der Waals surface area contributed by atoms with Gasteiger partial charge in [-0.15, -0.1) is 0 Å². The molecule has 0 heterocycles. The molecule has 0 radical (unpaired) electrons. The van der Waals surface area contributed by atoms with Crippen molar-refractivity contribution in [3.8, 4) is 11.5 Å². The maximum atomic E-state index is 10.6. The number of ether oxygens (including phenoxy) is 1. The Labute approximate surface area is 119 Å². The maximum absolute atomic E-state index is 10.6. The van der Waals surface area contributed by atoms with Gasteiger partial charge in [-0.3, -0.25) is 4.79 Å². The molecule has 0 spiro atoms. The van der Waals surface area contributed by atoms with Gasteiger partial charge >= 0.3 is 0 Å². The lowest BCUT2D eigenvalue weighted by atomic mass is 10.2. The zero-order valence-electron chi connectivity index (χ0n) is 9.61. The van der Waals surface area contributed by atoms with Crippen molar-refractivity contribution in [1.82, 2.24) is 0 Å². The molecular formula is C14H10BrClO2. The minimum absolute atomic E-state index is 0.594. The number of carbonyl (C=O) groups is 1. The van der Waals surface area contributed by atoms with Gasteiger partial charge in [-0.25, -0.2) is 0 Å². The average Bonchev–Trinajstić information content (AvgIpc) is 2.36. The highest BCUT2D eigenvalue weighted by Crippen LogP contribution is 2.33.